The Labute approximate surface area is 167 Å². The summed E-state index contributed by atoms with van der Waals surface area (Å²) >= 11 is 0. The lowest BCUT2D eigenvalue weighted by molar-refractivity contribution is -0.137. The van der Waals surface area contributed by atoms with E-state index in [0.29, 0.717) is 6.42 Å². The molecule has 2 aromatic rings. The number of aromatic nitrogens is 2. The van der Waals surface area contributed by atoms with Gasteiger partial charge in [0.2, 0.25) is 5.82 Å². The first-order valence-corrected chi connectivity index (χ1v) is 9.68. The first kappa shape index (κ1) is 21.2. The van der Waals surface area contributed by atoms with Gasteiger partial charge in [0.25, 0.3) is 0 Å². The Kier molecular flexibility index (Phi) is 6.20. The van der Waals surface area contributed by atoms with Gasteiger partial charge in [0.05, 0.1) is 17.0 Å². The van der Waals surface area contributed by atoms with E-state index in [1.54, 1.807) is 0 Å². The highest BCUT2D eigenvalue weighted by atomic mass is 19.4. The van der Waals surface area contributed by atoms with Crippen molar-refractivity contribution in [3.8, 4) is 17.3 Å². The van der Waals surface area contributed by atoms with E-state index in [4.69, 9.17) is 0 Å². The van der Waals surface area contributed by atoms with E-state index in [-0.39, 0.29) is 28.7 Å². The molecule has 1 aromatic heterocycles. The van der Waals surface area contributed by atoms with Crippen molar-refractivity contribution in [1.82, 2.24) is 15.3 Å². The number of halogens is 3. The van der Waals surface area contributed by atoms with E-state index in [9.17, 15) is 23.5 Å². The topological polar surface area (TPSA) is 81.8 Å². The first-order valence-electron chi connectivity index (χ1n) is 9.68. The fourth-order valence-corrected chi connectivity index (χ4v) is 3.90. The number of rotatable bonds is 4. The van der Waals surface area contributed by atoms with E-state index in [0.717, 1.165) is 44.5 Å². The molecule has 1 saturated heterocycles. The zero-order valence-corrected chi connectivity index (χ0v) is 16.1. The highest BCUT2D eigenvalue weighted by Crippen LogP contribution is 2.39. The Hall–Kier alpha value is -2.50. The van der Waals surface area contributed by atoms with Gasteiger partial charge in [-0.05, 0) is 62.9 Å². The van der Waals surface area contributed by atoms with Crippen LogP contribution in [0.5, 0.6) is 0 Å². The number of hydrogen-bond donors (Lipinski definition) is 2. The predicted octanol–water partition coefficient (Wildman–Crippen LogP) is 4.02. The van der Waals surface area contributed by atoms with Crippen LogP contribution < -0.4 is 5.32 Å². The third kappa shape index (κ3) is 4.57. The second-order valence-corrected chi connectivity index (χ2v) is 7.31. The van der Waals surface area contributed by atoms with Gasteiger partial charge >= 0.3 is 6.18 Å². The molecule has 2 atom stereocenters. The lowest BCUT2D eigenvalue weighted by Gasteiger charge is -2.34. The van der Waals surface area contributed by atoms with Gasteiger partial charge in [-0.25, -0.2) is 9.97 Å². The summed E-state index contributed by atoms with van der Waals surface area (Å²) in [6, 6.07) is 8.16. The summed E-state index contributed by atoms with van der Waals surface area (Å²) in [7, 11) is 0. The van der Waals surface area contributed by atoms with Gasteiger partial charge in [-0.2, -0.15) is 18.4 Å². The summed E-state index contributed by atoms with van der Waals surface area (Å²) in [5.41, 5.74) is -1.38. The van der Waals surface area contributed by atoms with Crippen molar-refractivity contribution < 1.29 is 18.3 Å². The van der Waals surface area contributed by atoms with E-state index in [2.05, 4.69) is 15.3 Å². The van der Waals surface area contributed by atoms with Crippen LogP contribution in [0, 0.1) is 17.2 Å². The molecule has 2 heterocycles. The van der Waals surface area contributed by atoms with Crippen molar-refractivity contribution in [3.05, 3.63) is 47.4 Å². The molecule has 3 rings (SSSR count). The molecule has 1 aliphatic heterocycles. The maximum Gasteiger partial charge on any atom is 0.416 e. The fraction of sp³-hybridized carbons (Fsp3) is 0.476. The zero-order valence-electron chi connectivity index (χ0n) is 16.1. The lowest BCUT2D eigenvalue weighted by Crippen LogP contribution is -2.36. The second kappa shape index (κ2) is 8.47. The molecule has 0 radical (unpaired) electrons. The van der Waals surface area contributed by atoms with E-state index >= 15 is 0 Å². The van der Waals surface area contributed by atoms with E-state index < -0.39 is 17.3 Å². The second-order valence-electron chi connectivity index (χ2n) is 7.31. The van der Waals surface area contributed by atoms with Crippen molar-refractivity contribution in [3.63, 3.8) is 0 Å². The van der Waals surface area contributed by atoms with E-state index in [1.165, 1.54) is 18.2 Å². The Balaban J connectivity index is 2.08. The largest absolute Gasteiger partial charge is 0.416 e. The van der Waals surface area contributed by atoms with Crippen molar-refractivity contribution >= 4 is 0 Å². The molecular weight excluding hydrogens is 381 g/mol. The summed E-state index contributed by atoms with van der Waals surface area (Å²) in [5.74, 6) is -0.244. The number of hydrogen-bond acceptors (Lipinski definition) is 5. The molecule has 0 spiro atoms. The standard InChI is InChI=1S/C21H23F3N4O/c1-2-20(29,15-7-4-9-26-10-8-15)18-12-17(27-19(13-25)28-18)14-5-3-6-16(11-14)21(22,23)24/h3,5-6,11-12,15,26,29H,2,4,7-10H2,1H3. The van der Waals surface area contributed by atoms with Crippen molar-refractivity contribution in [2.75, 3.05) is 13.1 Å². The van der Waals surface area contributed by atoms with Gasteiger partial charge in [-0.15, -0.1) is 0 Å². The molecule has 154 valence electrons. The highest BCUT2D eigenvalue weighted by Gasteiger charge is 2.39. The molecule has 0 bridgehead atoms. The average molecular weight is 404 g/mol. The van der Waals surface area contributed by atoms with Crippen LogP contribution in [0.1, 0.15) is 49.7 Å². The van der Waals surface area contributed by atoms with Crippen LogP contribution in [0.25, 0.3) is 11.3 Å². The molecule has 2 N–H and O–H groups in total. The minimum atomic E-state index is -4.48. The van der Waals surface area contributed by atoms with Crippen LogP contribution in [-0.2, 0) is 11.8 Å². The molecule has 5 nitrogen and oxygen atoms in total. The number of nitrogens with one attached hydrogen (secondary N) is 1. The van der Waals surface area contributed by atoms with Gasteiger partial charge in [0, 0.05) is 5.56 Å². The van der Waals surface area contributed by atoms with Crippen LogP contribution in [0.15, 0.2) is 30.3 Å². The Bertz CT molecular complexity index is 902. The maximum atomic E-state index is 13.1. The van der Waals surface area contributed by atoms with Gasteiger partial charge in [0.15, 0.2) is 0 Å². The molecule has 1 aliphatic rings. The summed E-state index contributed by atoms with van der Waals surface area (Å²) in [6.07, 6.45) is -1.66. The Morgan fingerprint density at radius 1 is 1.21 bits per heavy atom. The van der Waals surface area contributed by atoms with Gasteiger partial charge < -0.3 is 10.4 Å². The summed E-state index contributed by atoms with van der Waals surface area (Å²) in [4.78, 5) is 8.33. The third-order valence-corrected chi connectivity index (χ3v) is 5.55. The molecule has 0 aliphatic carbocycles. The van der Waals surface area contributed by atoms with Crippen molar-refractivity contribution in [1.29, 1.82) is 5.26 Å². The Morgan fingerprint density at radius 2 is 2.00 bits per heavy atom. The maximum absolute atomic E-state index is 13.1. The minimum Gasteiger partial charge on any atom is -0.383 e. The Morgan fingerprint density at radius 3 is 2.69 bits per heavy atom. The molecule has 29 heavy (non-hydrogen) atoms. The minimum absolute atomic E-state index is 0.0710. The summed E-state index contributed by atoms with van der Waals surface area (Å²) in [5, 5.41) is 24.2. The van der Waals surface area contributed by atoms with Gasteiger partial charge in [-0.1, -0.05) is 19.1 Å². The lowest BCUT2D eigenvalue weighted by atomic mass is 9.77. The first-order chi connectivity index (χ1) is 13.8. The molecule has 0 amide bonds. The average Bonchev–Trinajstić information content (AvgIpc) is 3.02. The molecule has 1 fully saturated rings. The smallest absolute Gasteiger partial charge is 0.383 e. The number of benzene rings is 1. The number of nitriles is 1. The fourth-order valence-electron chi connectivity index (χ4n) is 3.90. The quantitative estimate of drug-likeness (QED) is 0.804. The highest BCUT2D eigenvalue weighted by molar-refractivity contribution is 5.61. The molecule has 2 unspecified atom stereocenters. The van der Waals surface area contributed by atoms with Crippen LogP contribution in [0.4, 0.5) is 13.2 Å². The summed E-state index contributed by atoms with van der Waals surface area (Å²) < 4.78 is 39.3. The summed E-state index contributed by atoms with van der Waals surface area (Å²) in [6.45, 7) is 3.49. The SMILES string of the molecule is CCC(O)(c1cc(-c2cccc(C(F)(F)F)c2)nc(C#N)n1)C1CCCNCC1. The van der Waals surface area contributed by atoms with Crippen molar-refractivity contribution in [2.45, 2.75) is 44.4 Å². The third-order valence-electron chi connectivity index (χ3n) is 5.55. The van der Waals surface area contributed by atoms with Crippen LogP contribution in [0.3, 0.4) is 0 Å². The van der Waals surface area contributed by atoms with Gasteiger partial charge in [0.1, 0.15) is 11.7 Å². The van der Waals surface area contributed by atoms with Crippen LogP contribution >= 0.6 is 0 Å². The molecule has 0 saturated carbocycles. The number of aliphatic hydroxyl groups is 1. The van der Waals surface area contributed by atoms with E-state index in [1.807, 2.05) is 13.0 Å². The predicted molar refractivity (Wildman–Crippen MR) is 102 cm³/mol. The monoisotopic (exact) mass is 404 g/mol. The molecular formula is C21H23F3N4O. The molecule has 8 heteroatoms. The van der Waals surface area contributed by atoms with Crippen molar-refractivity contribution in [2.24, 2.45) is 5.92 Å². The van der Waals surface area contributed by atoms with Gasteiger partial charge in [-0.3, -0.25) is 0 Å². The van der Waals surface area contributed by atoms with Crippen LogP contribution in [-0.4, -0.2) is 28.2 Å². The molecule has 1 aromatic carbocycles. The van der Waals surface area contributed by atoms with Crippen LogP contribution in [0.2, 0.25) is 0 Å². The zero-order chi connectivity index (χ0) is 21.1. The normalized spacial score (nSPS) is 19.8. The number of nitrogens with zero attached hydrogens (tertiary/aromatic N) is 3. The number of alkyl halides is 3.